The van der Waals surface area contributed by atoms with Crippen LogP contribution in [0.25, 0.3) is 11.0 Å². The zero-order valence-electron chi connectivity index (χ0n) is 19.1. The van der Waals surface area contributed by atoms with Crippen LogP contribution < -0.4 is 5.32 Å². The van der Waals surface area contributed by atoms with Crippen molar-refractivity contribution in [3.63, 3.8) is 0 Å². The van der Waals surface area contributed by atoms with E-state index < -0.39 is 10.0 Å². The maximum atomic E-state index is 12.8. The van der Waals surface area contributed by atoms with Crippen LogP contribution in [0.3, 0.4) is 0 Å². The number of sulfonamides is 1. The van der Waals surface area contributed by atoms with Gasteiger partial charge in [-0.1, -0.05) is 38.1 Å². The number of hydrogen-bond acceptors (Lipinski definition) is 4. The zero-order valence-corrected chi connectivity index (χ0v) is 19.9. The molecule has 33 heavy (non-hydrogen) atoms. The molecule has 8 nitrogen and oxygen atoms in total. The molecule has 1 aliphatic rings. The predicted octanol–water partition coefficient (Wildman–Crippen LogP) is 3.68. The monoisotopic (exact) mass is 469 g/mol. The lowest BCUT2D eigenvalue weighted by Gasteiger charge is -2.31. The van der Waals surface area contributed by atoms with Crippen LogP contribution in [-0.2, 0) is 16.6 Å². The van der Waals surface area contributed by atoms with Crippen LogP contribution in [0.15, 0.2) is 53.4 Å². The molecule has 3 aromatic rings. The van der Waals surface area contributed by atoms with Crippen LogP contribution >= 0.6 is 0 Å². The molecule has 2 aromatic carbocycles. The fraction of sp³-hybridized carbons (Fsp3) is 0.417. The number of urea groups is 1. The largest absolute Gasteiger partial charge is 0.342 e. The van der Waals surface area contributed by atoms with Crippen LogP contribution in [0.2, 0.25) is 0 Å². The Hall–Kier alpha value is -2.91. The fourth-order valence-corrected chi connectivity index (χ4v) is 5.79. The van der Waals surface area contributed by atoms with Gasteiger partial charge in [0.2, 0.25) is 10.0 Å². The molecule has 1 aliphatic heterocycles. The van der Waals surface area contributed by atoms with Gasteiger partial charge >= 0.3 is 6.03 Å². The first-order chi connectivity index (χ1) is 15.9. The highest BCUT2D eigenvalue weighted by atomic mass is 32.2. The Balaban J connectivity index is 1.35. The van der Waals surface area contributed by atoms with Crippen molar-refractivity contribution in [2.24, 2.45) is 0 Å². The van der Waals surface area contributed by atoms with Gasteiger partial charge in [0.25, 0.3) is 0 Å². The van der Waals surface area contributed by atoms with Gasteiger partial charge in [0.05, 0.1) is 15.9 Å². The number of fused-ring (bicyclic) bond motifs is 1. The van der Waals surface area contributed by atoms with Gasteiger partial charge < -0.3 is 15.2 Å². The Kier molecular flexibility index (Phi) is 6.99. The third-order valence-electron chi connectivity index (χ3n) is 6.21. The quantitative estimate of drug-likeness (QED) is 0.551. The molecule has 0 unspecified atom stereocenters. The molecule has 2 N–H and O–H groups in total. The molecule has 0 aliphatic carbocycles. The number of piperidine rings is 1. The van der Waals surface area contributed by atoms with E-state index in [-0.39, 0.29) is 16.8 Å². The molecule has 1 saturated heterocycles. The van der Waals surface area contributed by atoms with Gasteiger partial charge in [0.1, 0.15) is 5.82 Å². The smallest absolute Gasteiger partial charge is 0.317 e. The van der Waals surface area contributed by atoms with Crippen molar-refractivity contribution in [2.75, 3.05) is 26.2 Å². The van der Waals surface area contributed by atoms with Crippen molar-refractivity contribution in [1.82, 2.24) is 24.5 Å². The molecule has 4 rings (SSSR count). The van der Waals surface area contributed by atoms with E-state index in [0.717, 1.165) is 35.3 Å². The third-order valence-corrected chi connectivity index (χ3v) is 8.28. The first-order valence-electron chi connectivity index (χ1n) is 11.5. The van der Waals surface area contributed by atoms with Crippen molar-refractivity contribution >= 4 is 27.1 Å². The summed E-state index contributed by atoms with van der Waals surface area (Å²) in [4.78, 5) is 23.0. The molecule has 2 heterocycles. The average Bonchev–Trinajstić information content (AvgIpc) is 3.28. The van der Waals surface area contributed by atoms with E-state index in [1.807, 2.05) is 43.0 Å². The van der Waals surface area contributed by atoms with Gasteiger partial charge in [-0.25, -0.2) is 18.2 Å². The second kappa shape index (κ2) is 9.93. The lowest BCUT2D eigenvalue weighted by Crippen LogP contribution is -2.44. The highest BCUT2D eigenvalue weighted by molar-refractivity contribution is 7.89. The Morgan fingerprint density at radius 1 is 1.15 bits per heavy atom. The molecule has 1 aromatic heterocycles. The Morgan fingerprint density at radius 2 is 1.88 bits per heavy atom. The summed E-state index contributed by atoms with van der Waals surface area (Å²) in [5.41, 5.74) is 2.81. The fourth-order valence-electron chi connectivity index (χ4n) is 4.33. The number of benzene rings is 2. The van der Waals surface area contributed by atoms with Gasteiger partial charge in [0, 0.05) is 38.6 Å². The Bertz CT molecular complexity index is 1170. The minimum Gasteiger partial charge on any atom is -0.342 e. The molecule has 0 spiro atoms. The van der Waals surface area contributed by atoms with E-state index in [9.17, 15) is 13.2 Å². The van der Waals surface area contributed by atoms with Crippen molar-refractivity contribution in [3.8, 4) is 0 Å². The van der Waals surface area contributed by atoms with E-state index >= 15 is 0 Å². The molecule has 9 heteroatoms. The number of aromatic nitrogens is 2. The molecule has 1 fully saturated rings. The summed E-state index contributed by atoms with van der Waals surface area (Å²) in [6.07, 6.45) is 1.92. The van der Waals surface area contributed by atoms with Crippen LogP contribution in [0.5, 0.6) is 0 Å². The number of carbonyl (C=O) groups is 1. The van der Waals surface area contributed by atoms with Gasteiger partial charge in [-0.2, -0.15) is 4.31 Å². The lowest BCUT2D eigenvalue weighted by molar-refractivity contribution is 0.178. The van der Waals surface area contributed by atoms with Gasteiger partial charge in [0.15, 0.2) is 0 Å². The first kappa shape index (κ1) is 23.3. The molecular weight excluding hydrogens is 438 g/mol. The van der Waals surface area contributed by atoms with Crippen LogP contribution in [-0.4, -0.2) is 59.8 Å². The summed E-state index contributed by atoms with van der Waals surface area (Å²) < 4.78 is 26.7. The van der Waals surface area contributed by atoms with E-state index in [1.54, 1.807) is 24.3 Å². The zero-order chi connectivity index (χ0) is 23.4. The van der Waals surface area contributed by atoms with E-state index in [2.05, 4.69) is 10.3 Å². The third kappa shape index (κ3) is 5.04. The van der Waals surface area contributed by atoms with Crippen LogP contribution in [0, 0.1) is 0 Å². The molecule has 176 valence electrons. The van der Waals surface area contributed by atoms with Crippen molar-refractivity contribution < 1.29 is 13.2 Å². The number of H-pyrrole nitrogens is 1. The number of nitrogens with zero attached hydrogens (tertiary/aromatic N) is 3. The second-order valence-electron chi connectivity index (χ2n) is 8.32. The maximum absolute atomic E-state index is 12.8. The molecular formula is C24H31N5O3S. The van der Waals surface area contributed by atoms with Crippen LogP contribution in [0.4, 0.5) is 4.79 Å². The minimum absolute atomic E-state index is 0.115. The number of imidazole rings is 1. The van der Waals surface area contributed by atoms with Gasteiger partial charge in [-0.15, -0.1) is 0 Å². The number of carbonyl (C=O) groups excluding carboxylic acids is 1. The number of rotatable bonds is 7. The summed E-state index contributed by atoms with van der Waals surface area (Å²) in [6, 6.07) is 14.6. The highest BCUT2D eigenvalue weighted by Gasteiger charge is 2.27. The number of nitrogens with one attached hydrogen (secondary N) is 2. The number of aromatic amines is 1. The second-order valence-corrected chi connectivity index (χ2v) is 10.3. The Morgan fingerprint density at radius 3 is 2.58 bits per heavy atom. The summed E-state index contributed by atoms with van der Waals surface area (Å²) in [5, 5.41) is 2.97. The van der Waals surface area contributed by atoms with Crippen molar-refractivity contribution in [2.45, 2.75) is 44.0 Å². The standard InChI is InChI=1S/C24H31N5O3S/c1-3-29(4-2)33(31,32)20-13-11-18(12-14-20)16-25-24(30)28-15-7-8-19(17-28)23-26-21-9-5-6-10-22(21)27-23/h5-6,9-14,19H,3-4,7-8,15-17H2,1-2H3,(H,25,30)(H,26,27)/t19-/m0/s1. The number of para-hydroxylation sites is 2. The van der Waals surface area contributed by atoms with Gasteiger partial charge in [-0.05, 0) is 42.7 Å². The molecule has 0 radical (unpaired) electrons. The van der Waals surface area contributed by atoms with E-state index in [0.29, 0.717) is 32.7 Å². The SMILES string of the molecule is CCN(CC)S(=O)(=O)c1ccc(CNC(=O)N2CCC[C@H](c3nc4ccccc4[nH]3)C2)cc1. The minimum atomic E-state index is -3.48. The summed E-state index contributed by atoms with van der Waals surface area (Å²) in [7, 11) is -3.48. The molecule has 2 amide bonds. The van der Waals surface area contributed by atoms with Crippen molar-refractivity contribution in [1.29, 1.82) is 0 Å². The maximum Gasteiger partial charge on any atom is 0.317 e. The lowest BCUT2D eigenvalue weighted by atomic mass is 9.97. The Labute approximate surface area is 195 Å². The van der Waals surface area contributed by atoms with Gasteiger partial charge in [-0.3, -0.25) is 0 Å². The molecule has 0 saturated carbocycles. The number of likely N-dealkylation sites (tertiary alicyclic amines) is 1. The first-order valence-corrected chi connectivity index (χ1v) is 12.9. The van der Waals surface area contributed by atoms with Crippen molar-refractivity contribution in [3.05, 3.63) is 59.9 Å². The molecule has 1 atom stereocenters. The van der Waals surface area contributed by atoms with E-state index in [1.165, 1.54) is 4.31 Å². The normalized spacial score (nSPS) is 16.9. The van der Waals surface area contributed by atoms with E-state index in [4.69, 9.17) is 4.98 Å². The summed E-state index contributed by atoms with van der Waals surface area (Å²) in [6.45, 7) is 6.18. The molecule has 0 bridgehead atoms. The topological polar surface area (TPSA) is 98.4 Å². The average molecular weight is 470 g/mol. The highest BCUT2D eigenvalue weighted by Crippen LogP contribution is 2.26. The number of hydrogen-bond donors (Lipinski definition) is 2. The summed E-state index contributed by atoms with van der Waals surface area (Å²) >= 11 is 0. The number of amides is 2. The van der Waals surface area contributed by atoms with Crippen LogP contribution in [0.1, 0.15) is 44.0 Å². The predicted molar refractivity (Wildman–Crippen MR) is 128 cm³/mol. The summed E-state index contributed by atoms with van der Waals surface area (Å²) in [5.74, 6) is 1.11.